The van der Waals surface area contributed by atoms with Crippen LogP contribution in [0.2, 0.25) is 0 Å². The highest BCUT2D eigenvalue weighted by Gasteiger charge is 2.17. The van der Waals surface area contributed by atoms with E-state index in [4.69, 9.17) is 0 Å². The minimum Gasteiger partial charge on any atom is -0.363 e. The van der Waals surface area contributed by atoms with E-state index >= 15 is 0 Å². The van der Waals surface area contributed by atoms with E-state index in [9.17, 15) is 0 Å². The summed E-state index contributed by atoms with van der Waals surface area (Å²) in [6.07, 6.45) is 8.89. The largest absolute Gasteiger partial charge is 0.363 e. The molecule has 1 aliphatic carbocycles. The molecule has 6 heteroatoms. The second-order valence-corrected chi connectivity index (χ2v) is 6.35. The number of fused-ring (bicyclic) bond motifs is 1. The standard InChI is InChI=1S/C15H17N5S/c1-2-4-12(3-1)20-7-5-11(19-20)9-16-15-14-13(6-8-21-14)17-10-18-15/h5-8,10,12H,1-4,9H2,(H,16,17,18). The molecule has 5 nitrogen and oxygen atoms in total. The van der Waals surface area contributed by atoms with E-state index in [-0.39, 0.29) is 0 Å². The van der Waals surface area contributed by atoms with Gasteiger partial charge in [-0.15, -0.1) is 11.3 Å². The molecule has 0 bridgehead atoms. The lowest BCUT2D eigenvalue weighted by molar-refractivity contribution is 0.463. The Balaban J connectivity index is 1.48. The number of aromatic nitrogens is 4. The van der Waals surface area contributed by atoms with Crippen molar-refractivity contribution in [3.05, 3.63) is 35.7 Å². The van der Waals surface area contributed by atoms with Crippen molar-refractivity contribution in [2.24, 2.45) is 0 Å². The summed E-state index contributed by atoms with van der Waals surface area (Å²) in [5, 5.41) is 10.1. The second-order valence-electron chi connectivity index (χ2n) is 5.44. The van der Waals surface area contributed by atoms with E-state index in [0.29, 0.717) is 12.6 Å². The highest BCUT2D eigenvalue weighted by Crippen LogP contribution is 2.29. The van der Waals surface area contributed by atoms with E-state index in [1.807, 2.05) is 11.4 Å². The van der Waals surface area contributed by atoms with Crippen molar-refractivity contribution in [1.29, 1.82) is 0 Å². The topological polar surface area (TPSA) is 55.6 Å². The van der Waals surface area contributed by atoms with Crippen LogP contribution in [0.4, 0.5) is 5.82 Å². The van der Waals surface area contributed by atoms with Crippen molar-refractivity contribution in [3.8, 4) is 0 Å². The minimum atomic E-state index is 0.599. The summed E-state index contributed by atoms with van der Waals surface area (Å²) < 4.78 is 3.23. The van der Waals surface area contributed by atoms with Gasteiger partial charge in [0.25, 0.3) is 0 Å². The Morgan fingerprint density at radius 3 is 3.05 bits per heavy atom. The molecule has 1 fully saturated rings. The van der Waals surface area contributed by atoms with Gasteiger partial charge in [0, 0.05) is 6.20 Å². The monoisotopic (exact) mass is 299 g/mol. The molecule has 1 N–H and O–H groups in total. The summed E-state index contributed by atoms with van der Waals surface area (Å²) in [6.45, 7) is 0.698. The Hall–Kier alpha value is -1.95. The molecule has 108 valence electrons. The molecule has 4 rings (SSSR count). The molecule has 0 radical (unpaired) electrons. The number of thiophene rings is 1. The maximum atomic E-state index is 4.69. The second kappa shape index (κ2) is 5.44. The SMILES string of the molecule is c1nc(NCc2ccn(C3CCCC3)n2)c2sccc2n1. The van der Waals surface area contributed by atoms with Crippen LogP contribution in [0.25, 0.3) is 10.2 Å². The third-order valence-electron chi connectivity index (χ3n) is 4.04. The van der Waals surface area contributed by atoms with Crippen LogP contribution >= 0.6 is 11.3 Å². The predicted molar refractivity (Wildman–Crippen MR) is 84.5 cm³/mol. The zero-order chi connectivity index (χ0) is 14.1. The fourth-order valence-corrected chi connectivity index (χ4v) is 3.74. The molecular formula is C15H17N5S. The van der Waals surface area contributed by atoms with Gasteiger partial charge >= 0.3 is 0 Å². The number of hydrogen-bond donors (Lipinski definition) is 1. The number of anilines is 1. The van der Waals surface area contributed by atoms with Crippen LogP contribution in [0.15, 0.2) is 30.0 Å². The molecule has 0 amide bonds. The zero-order valence-corrected chi connectivity index (χ0v) is 12.5. The normalized spacial score (nSPS) is 15.8. The molecule has 21 heavy (non-hydrogen) atoms. The summed E-state index contributed by atoms with van der Waals surface area (Å²) in [5.74, 6) is 0.894. The first kappa shape index (κ1) is 12.8. The predicted octanol–water partition coefficient (Wildman–Crippen LogP) is 3.62. The van der Waals surface area contributed by atoms with Gasteiger partial charge in [0.05, 0.1) is 28.5 Å². The molecule has 0 atom stereocenters. The lowest BCUT2D eigenvalue weighted by atomic mass is 10.3. The number of hydrogen-bond acceptors (Lipinski definition) is 5. The maximum Gasteiger partial charge on any atom is 0.147 e. The Morgan fingerprint density at radius 2 is 2.14 bits per heavy atom. The number of nitrogens with one attached hydrogen (secondary N) is 1. The van der Waals surface area contributed by atoms with Crippen molar-refractivity contribution in [1.82, 2.24) is 19.7 Å². The van der Waals surface area contributed by atoms with Gasteiger partial charge in [0.2, 0.25) is 0 Å². The lowest BCUT2D eigenvalue weighted by Gasteiger charge is -2.09. The molecule has 1 saturated carbocycles. The van der Waals surface area contributed by atoms with Gasteiger partial charge in [0.15, 0.2) is 0 Å². The summed E-state index contributed by atoms with van der Waals surface area (Å²) >= 11 is 1.66. The van der Waals surface area contributed by atoms with Crippen molar-refractivity contribution < 1.29 is 0 Å². The van der Waals surface area contributed by atoms with Crippen LogP contribution in [0, 0.1) is 0 Å². The summed E-state index contributed by atoms with van der Waals surface area (Å²) in [4.78, 5) is 8.58. The molecule has 0 spiro atoms. The van der Waals surface area contributed by atoms with Crippen LogP contribution in [0.5, 0.6) is 0 Å². The van der Waals surface area contributed by atoms with E-state index < -0.39 is 0 Å². The van der Waals surface area contributed by atoms with Gasteiger partial charge in [-0.3, -0.25) is 4.68 Å². The Labute approximate surface area is 127 Å². The Bertz CT molecular complexity index is 741. The summed E-state index contributed by atoms with van der Waals surface area (Å²) in [7, 11) is 0. The number of rotatable bonds is 4. The van der Waals surface area contributed by atoms with Gasteiger partial charge in [-0.2, -0.15) is 5.10 Å². The van der Waals surface area contributed by atoms with Crippen LogP contribution in [-0.4, -0.2) is 19.7 Å². The minimum absolute atomic E-state index is 0.599. The first-order valence-corrected chi connectivity index (χ1v) is 8.24. The van der Waals surface area contributed by atoms with Crippen molar-refractivity contribution in [2.75, 3.05) is 5.32 Å². The average molecular weight is 299 g/mol. The van der Waals surface area contributed by atoms with Gasteiger partial charge in [0.1, 0.15) is 12.1 Å². The molecule has 0 unspecified atom stereocenters. The molecule has 3 aromatic rings. The van der Waals surface area contributed by atoms with Gasteiger partial charge < -0.3 is 5.32 Å². The fourth-order valence-electron chi connectivity index (χ4n) is 2.93. The highest BCUT2D eigenvalue weighted by atomic mass is 32.1. The van der Waals surface area contributed by atoms with Gasteiger partial charge in [-0.25, -0.2) is 9.97 Å². The van der Waals surface area contributed by atoms with Crippen LogP contribution in [0.1, 0.15) is 37.4 Å². The molecule has 3 aromatic heterocycles. The van der Waals surface area contributed by atoms with Crippen molar-refractivity contribution in [3.63, 3.8) is 0 Å². The fraction of sp³-hybridized carbons (Fsp3) is 0.400. The van der Waals surface area contributed by atoms with E-state index in [2.05, 4.69) is 37.3 Å². The third-order valence-corrected chi connectivity index (χ3v) is 4.95. The Morgan fingerprint density at radius 1 is 1.24 bits per heavy atom. The van der Waals surface area contributed by atoms with Gasteiger partial charge in [-0.1, -0.05) is 12.8 Å². The molecular weight excluding hydrogens is 282 g/mol. The van der Waals surface area contributed by atoms with Crippen LogP contribution in [-0.2, 0) is 6.54 Å². The van der Waals surface area contributed by atoms with E-state index in [0.717, 1.165) is 21.7 Å². The highest BCUT2D eigenvalue weighted by molar-refractivity contribution is 7.17. The molecule has 0 saturated heterocycles. The molecule has 0 aliphatic heterocycles. The maximum absolute atomic E-state index is 4.69. The van der Waals surface area contributed by atoms with Crippen molar-refractivity contribution in [2.45, 2.75) is 38.3 Å². The van der Waals surface area contributed by atoms with Crippen LogP contribution in [0.3, 0.4) is 0 Å². The smallest absolute Gasteiger partial charge is 0.147 e. The van der Waals surface area contributed by atoms with Crippen LogP contribution < -0.4 is 5.32 Å². The van der Waals surface area contributed by atoms with E-state index in [1.54, 1.807) is 17.7 Å². The molecule has 1 aliphatic rings. The first-order chi connectivity index (χ1) is 10.4. The van der Waals surface area contributed by atoms with E-state index in [1.165, 1.54) is 25.7 Å². The first-order valence-electron chi connectivity index (χ1n) is 7.36. The number of nitrogens with zero attached hydrogens (tertiary/aromatic N) is 4. The molecule has 0 aromatic carbocycles. The average Bonchev–Trinajstić information content (AvgIpc) is 3.23. The quantitative estimate of drug-likeness (QED) is 0.799. The molecule has 3 heterocycles. The summed E-state index contributed by atoms with van der Waals surface area (Å²) in [6, 6.07) is 4.71. The Kier molecular flexibility index (Phi) is 3.31. The van der Waals surface area contributed by atoms with Crippen molar-refractivity contribution >= 4 is 27.4 Å². The lowest BCUT2D eigenvalue weighted by Crippen LogP contribution is -2.07. The van der Waals surface area contributed by atoms with Gasteiger partial charge in [-0.05, 0) is 30.4 Å². The third kappa shape index (κ3) is 2.51. The zero-order valence-electron chi connectivity index (χ0n) is 11.7. The summed E-state index contributed by atoms with van der Waals surface area (Å²) in [5.41, 5.74) is 2.05.